The third-order valence-electron chi connectivity index (χ3n) is 3.00. The fraction of sp³-hybridized carbons (Fsp3) is 0.538. The van der Waals surface area contributed by atoms with E-state index < -0.39 is 0 Å². The van der Waals surface area contributed by atoms with Gasteiger partial charge in [-0.15, -0.1) is 0 Å². The molecular weight excluding hydrogens is 296 g/mol. The fourth-order valence-corrected chi connectivity index (χ4v) is 2.05. The first-order valence-corrected chi connectivity index (χ1v) is 6.98. The molecule has 0 spiro atoms. The Labute approximate surface area is 116 Å². The van der Waals surface area contributed by atoms with Crippen LogP contribution in [-0.4, -0.2) is 17.0 Å². The van der Waals surface area contributed by atoms with E-state index in [0.29, 0.717) is 12.5 Å². The number of hydrogen-bond donors (Lipinski definition) is 1. The van der Waals surface area contributed by atoms with Crippen molar-refractivity contribution in [3.8, 4) is 0 Å². The smallest absolute Gasteiger partial charge is 0.251 e. The molecule has 18 heavy (non-hydrogen) atoms. The third-order valence-corrected chi connectivity index (χ3v) is 3.47. The van der Waals surface area contributed by atoms with E-state index in [4.69, 9.17) is 0 Å². The van der Waals surface area contributed by atoms with Crippen LogP contribution >= 0.6 is 15.9 Å². The highest BCUT2D eigenvalue weighted by Gasteiger charge is 2.08. The minimum Gasteiger partial charge on any atom is -0.354 e. The molecule has 100 valence electrons. The van der Waals surface area contributed by atoms with Crippen molar-refractivity contribution in [2.75, 3.05) is 6.54 Å². The predicted molar refractivity (Wildman–Crippen MR) is 75.5 cm³/mol. The lowest BCUT2D eigenvalue weighted by atomic mass is 10.0. The second-order valence-corrected chi connectivity index (χ2v) is 5.22. The third kappa shape index (κ3) is 4.64. The van der Waals surface area contributed by atoms with Gasteiger partial charge < -0.3 is 9.88 Å². The number of amides is 1. The SMILES string of the molecule is CCC(CC)CNC(=O)Cn1cc(Br)ccc1=O. The average molecular weight is 315 g/mol. The van der Waals surface area contributed by atoms with Gasteiger partial charge in [0.15, 0.2) is 0 Å². The van der Waals surface area contributed by atoms with Gasteiger partial charge in [0.2, 0.25) is 5.91 Å². The Kier molecular flexibility index (Phi) is 6.12. The molecule has 0 unspecified atom stereocenters. The van der Waals surface area contributed by atoms with Crippen molar-refractivity contribution in [3.63, 3.8) is 0 Å². The Bertz CT molecular complexity index is 453. The lowest BCUT2D eigenvalue weighted by Gasteiger charge is -2.13. The Morgan fingerprint density at radius 1 is 1.39 bits per heavy atom. The lowest BCUT2D eigenvalue weighted by Crippen LogP contribution is -2.34. The molecule has 1 heterocycles. The van der Waals surface area contributed by atoms with Gasteiger partial charge in [0.1, 0.15) is 6.54 Å². The molecule has 0 aliphatic carbocycles. The maximum atomic E-state index is 11.7. The van der Waals surface area contributed by atoms with E-state index in [-0.39, 0.29) is 18.0 Å². The largest absolute Gasteiger partial charge is 0.354 e. The second-order valence-electron chi connectivity index (χ2n) is 4.30. The summed E-state index contributed by atoms with van der Waals surface area (Å²) in [6, 6.07) is 3.11. The summed E-state index contributed by atoms with van der Waals surface area (Å²) in [4.78, 5) is 23.2. The van der Waals surface area contributed by atoms with Gasteiger partial charge in [0.05, 0.1) is 0 Å². The molecule has 0 atom stereocenters. The number of carbonyl (C=O) groups is 1. The predicted octanol–water partition coefficient (Wildman–Crippen LogP) is 2.16. The average Bonchev–Trinajstić information content (AvgIpc) is 2.35. The number of rotatable bonds is 6. The zero-order valence-electron chi connectivity index (χ0n) is 10.8. The van der Waals surface area contributed by atoms with Crippen molar-refractivity contribution >= 4 is 21.8 Å². The van der Waals surface area contributed by atoms with Crippen molar-refractivity contribution in [3.05, 3.63) is 33.2 Å². The molecule has 0 saturated carbocycles. The first kappa shape index (κ1) is 15.0. The molecule has 1 amide bonds. The van der Waals surface area contributed by atoms with Crippen molar-refractivity contribution in [2.24, 2.45) is 5.92 Å². The Hall–Kier alpha value is -1.10. The number of hydrogen-bond acceptors (Lipinski definition) is 2. The number of halogens is 1. The summed E-state index contributed by atoms with van der Waals surface area (Å²) < 4.78 is 2.18. The van der Waals surface area contributed by atoms with Gasteiger partial charge in [0, 0.05) is 23.3 Å². The van der Waals surface area contributed by atoms with Gasteiger partial charge in [-0.05, 0) is 27.9 Å². The van der Waals surface area contributed by atoms with Crippen molar-refractivity contribution in [1.82, 2.24) is 9.88 Å². The lowest BCUT2D eigenvalue weighted by molar-refractivity contribution is -0.121. The molecule has 1 rings (SSSR count). The normalized spacial score (nSPS) is 10.7. The van der Waals surface area contributed by atoms with Crippen LogP contribution in [0.4, 0.5) is 0 Å². The van der Waals surface area contributed by atoms with Crippen molar-refractivity contribution < 1.29 is 4.79 Å². The fourth-order valence-electron chi connectivity index (χ4n) is 1.67. The van der Waals surface area contributed by atoms with Crippen LogP contribution in [0.1, 0.15) is 26.7 Å². The van der Waals surface area contributed by atoms with Gasteiger partial charge in [-0.1, -0.05) is 26.7 Å². The maximum absolute atomic E-state index is 11.7. The molecule has 1 aromatic heterocycles. The minimum absolute atomic E-state index is 0.0679. The van der Waals surface area contributed by atoms with E-state index in [1.54, 1.807) is 12.3 Å². The van der Waals surface area contributed by atoms with Gasteiger partial charge in [0.25, 0.3) is 5.56 Å². The van der Waals surface area contributed by atoms with E-state index in [1.807, 2.05) is 0 Å². The summed E-state index contributed by atoms with van der Waals surface area (Å²) in [7, 11) is 0. The second kappa shape index (κ2) is 7.36. The van der Waals surface area contributed by atoms with Crippen LogP contribution in [0.3, 0.4) is 0 Å². The van der Waals surface area contributed by atoms with E-state index in [2.05, 4.69) is 35.1 Å². The molecule has 0 saturated heterocycles. The number of nitrogens with one attached hydrogen (secondary N) is 1. The van der Waals surface area contributed by atoms with Crippen molar-refractivity contribution in [1.29, 1.82) is 0 Å². The Morgan fingerprint density at radius 2 is 2.06 bits per heavy atom. The first-order chi connectivity index (χ1) is 8.56. The molecule has 0 fully saturated rings. The first-order valence-electron chi connectivity index (χ1n) is 6.19. The number of nitrogens with zero attached hydrogens (tertiary/aromatic N) is 1. The zero-order valence-corrected chi connectivity index (χ0v) is 12.4. The molecule has 4 nitrogen and oxygen atoms in total. The summed E-state index contributed by atoms with van der Waals surface area (Å²) >= 11 is 3.28. The molecule has 0 radical (unpaired) electrons. The quantitative estimate of drug-likeness (QED) is 0.874. The van der Waals surface area contributed by atoms with Crippen LogP contribution in [-0.2, 0) is 11.3 Å². The Balaban J connectivity index is 2.54. The highest BCUT2D eigenvalue weighted by atomic mass is 79.9. The molecule has 0 aliphatic heterocycles. The standard InChI is InChI=1S/C13H19BrN2O2/c1-3-10(4-2)7-15-12(17)9-16-8-11(14)5-6-13(16)18/h5-6,8,10H,3-4,7,9H2,1-2H3,(H,15,17). The molecule has 0 bridgehead atoms. The molecule has 5 heteroatoms. The van der Waals surface area contributed by atoms with E-state index >= 15 is 0 Å². The Morgan fingerprint density at radius 3 is 2.67 bits per heavy atom. The van der Waals surface area contributed by atoms with E-state index in [1.165, 1.54) is 10.6 Å². The molecule has 0 aromatic carbocycles. The van der Waals surface area contributed by atoms with Crippen LogP contribution in [0.5, 0.6) is 0 Å². The topological polar surface area (TPSA) is 51.1 Å². The van der Waals surface area contributed by atoms with Crippen LogP contribution < -0.4 is 10.9 Å². The summed E-state index contributed by atoms with van der Waals surface area (Å²) in [5.74, 6) is 0.385. The number of pyridine rings is 1. The number of carbonyl (C=O) groups excluding carboxylic acids is 1. The number of aromatic nitrogens is 1. The van der Waals surface area contributed by atoms with Crippen LogP contribution in [0, 0.1) is 5.92 Å². The van der Waals surface area contributed by atoms with E-state index in [9.17, 15) is 9.59 Å². The monoisotopic (exact) mass is 314 g/mol. The van der Waals surface area contributed by atoms with Gasteiger partial charge in [-0.2, -0.15) is 0 Å². The highest BCUT2D eigenvalue weighted by molar-refractivity contribution is 9.10. The van der Waals surface area contributed by atoms with Crippen LogP contribution in [0.15, 0.2) is 27.6 Å². The summed E-state index contributed by atoms with van der Waals surface area (Å²) in [5, 5.41) is 2.87. The van der Waals surface area contributed by atoms with Gasteiger partial charge in [-0.3, -0.25) is 9.59 Å². The molecule has 1 aromatic rings. The molecule has 0 aliphatic rings. The maximum Gasteiger partial charge on any atom is 0.251 e. The highest BCUT2D eigenvalue weighted by Crippen LogP contribution is 2.06. The molecular formula is C13H19BrN2O2. The van der Waals surface area contributed by atoms with Crippen LogP contribution in [0.25, 0.3) is 0 Å². The van der Waals surface area contributed by atoms with Gasteiger partial charge >= 0.3 is 0 Å². The summed E-state index contributed by atoms with van der Waals surface area (Å²) in [5.41, 5.74) is -0.170. The summed E-state index contributed by atoms with van der Waals surface area (Å²) in [6.07, 6.45) is 3.72. The van der Waals surface area contributed by atoms with Crippen LogP contribution in [0.2, 0.25) is 0 Å². The molecule has 1 N–H and O–H groups in total. The van der Waals surface area contributed by atoms with Gasteiger partial charge in [-0.25, -0.2) is 0 Å². The zero-order chi connectivity index (χ0) is 13.5. The van der Waals surface area contributed by atoms with E-state index in [0.717, 1.165) is 17.3 Å². The summed E-state index contributed by atoms with van der Waals surface area (Å²) in [6.45, 7) is 4.96. The minimum atomic E-state index is -0.170. The van der Waals surface area contributed by atoms with Crippen molar-refractivity contribution in [2.45, 2.75) is 33.2 Å².